The number of anilines is 1. The van der Waals surface area contributed by atoms with Crippen LogP contribution in [0.15, 0.2) is 17.1 Å². The molecule has 0 radical (unpaired) electrons. The summed E-state index contributed by atoms with van der Waals surface area (Å²) in [4.78, 5) is 28.8. The Morgan fingerprint density at radius 3 is 2.62 bits per heavy atom. The first-order valence-corrected chi connectivity index (χ1v) is 14.2. The Morgan fingerprint density at radius 2 is 2.00 bits per heavy atom. The Balaban J connectivity index is 0.00000190. The van der Waals surface area contributed by atoms with Crippen LogP contribution in [0.4, 0.5) is 5.82 Å². The molecule has 37 heavy (non-hydrogen) atoms. The lowest BCUT2D eigenvalue weighted by atomic mass is 9.83. The highest BCUT2D eigenvalue weighted by Gasteiger charge is 2.61. The number of fused-ring (bicyclic) bond motifs is 2. The SMILES string of the molecule is CC[C@H]1O[C@@H](n2ccc(NC(=O)C(C)C)nc2=O)CC1O[P@@]1OC2(CCCC2)[C@@H]2CC(C)(C)CN21.S.S. The van der Waals surface area contributed by atoms with Crippen molar-refractivity contribution in [3.63, 3.8) is 0 Å². The van der Waals surface area contributed by atoms with E-state index in [2.05, 4.69) is 35.7 Å². The van der Waals surface area contributed by atoms with Crippen molar-refractivity contribution in [2.45, 2.75) is 110 Å². The van der Waals surface area contributed by atoms with E-state index in [1.165, 1.54) is 17.4 Å². The van der Waals surface area contributed by atoms with Gasteiger partial charge in [0.25, 0.3) is 8.53 Å². The lowest BCUT2D eigenvalue weighted by Gasteiger charge is -2.30. The number of carbonyl (C=O) groups is 1. The molecule has 1 N–H and O–H groups in total. The van der Waals surface area contributed by atoms with Crippen LogP contribution in [0.2, 0.25) is 0 Å². The summed E-state index contributed by atoms with van der Waals surface area (Å²) in [6, 6.07) is 2.08. The summed E-state index contributed by atoms with van der Waals surface area (Å²) in [5.41, 5.74) is -0.239. The van der Waals surface area contributed by atoms with E-state index in [0.717, 1.165) is 32.2 Å². The lowest BCUT2D eigenvalue weighted by Crippen LogP contribution is -2.39. The molecule has 0 bridgehead atoms. The molecule has 4 fully saturated rings. The topological polar surface area (TPSA) is 94.9 Å². The standard InChI is InChI=1S/C25H39N4O5P.2H2S/c1-6-17-18(13-21(32-17)28-12-9-20(27-23(28)31)26-22(30)16(2)3)33-35-29-15-24(4,5)14-19(29)25(34-35)10-7-8-11-25;;/h9,12,16-19,21H,6-8,10-11,13-15H2,1-5H3,(H,26,27,30,31);2*1H2/t17-,18?,19+,21-,35+;;/m1../s1. The average Bonchev–Trinajstić information content (AvgIpc) is 3.54. The number of carbonyl (C=O) groups excluding carboxylic acids is 1. The molecule has 3 aliphatic heterocycles. The zero-order valence-corrected chi connectivity index (χ0v) is 25.4. The van der Waals surface area contributed by atoms with Crippen molar-refractivity contribution in [1.82, 2.24) is 14.2 Å². The molecule has 5 rings (SSSR count). The van der Waals surface area contributed by atoms with Gasteiger partial charge in [0, 0.05) is 31.1 Å². The van der Waals surface area contributed by atoms with Crippen molar-refractivity contribution in [3.8, 4) is 0 Å². The second-order valence-electron chi connectivity index (χ2n) is 11.6. The molecule has 1 aromatic rings. The lowest BCUT2D eigenvalue weighted by molar-refractivity contribution is -0.118. The van der Waals surface area contributed by atoms with Crippen LogP contribution in [-0.2, 0) is 18.6 Å². The smallest absolute Gasteiger partial charge is 0.351 e. The summed E-state index contributed by atoms with van der Waals surface area (Å²) in [5.74, 6) is -0.103. The van der Waals surface area contributed by atoms with Crippen LogP contribution >= 0.6 is 35.5 Å². The number of nitrogens with one attached hydrogen (secondary N) is 1. The minimum Gasteiger partial charge on any atom is -0.352 e. The van der Waals surface area contributed by atoms with Crippen LogP contribution in [0.1, 0.15) is 85.8 Å². The van der Waals surface area contributed by atoms with E-state index in [9.17, 15) is 9.59 Å². The van der Waals surface area contributed by atoms with Gasteiger partial charge in [-0.05, 0) is 37.2 Å². The van der Waals surface area contributed by atoms with E-state index in [0.29, 0.717) is 12.5 Å². The Labute approximate surface area is 235 Å². The van der Waals surface area contributed by atoms with E-state index in [-0.39, 0.29) is 67.9 Å². The van der Waals surface area contributed by atoms with Crippen LogP contribution in [0.3, 0.4) is 0 Å². The minimum absolute atomic E-state index is 0. The number of aromatic nitrogens is 2. The van der Waals surface area contributed by atoms with Gasteiger partial charge in [-0.2, -0.15) is 32.0 Å². The number of ether oxygens (including phenoxy) is 1. The molecule has 0 aromatic carbocycles. The van der Waals surface area contributed by atoms with Gasteiger partial charge >= 0.3 is 5.69 Å². The molecule has 1 spiro atoms. The number of hydrogen-bond acceptors (Lipinski definition) is 7. The molecule has 210 valence electrons. The Hall–Kier alpha value is -0.680. The van der Waals surface area contributed by atoms with Gasteiger partial charge in [0.05, 0.1) is 17.8 Å². The van der Waals surface area contributed by atoms with Crippen LogP contribution in [0.5, 0.6) is 0 Å². The zero-order chi connectivity index (χ0) is 25.0. The van der Waals surface area contributed by atoms with Crippen LogP contribution in [0, 0.1) is 11.3 Å². The van der Waals surface area contributed by atoms with Crippen molar-refractivity contribution < 1.29 is 18.6 Å². The molecule has 3 saturated heterocycles. The fourth-order valence-electron chi connectivity index (χ4n) is 6.05. The molecule has 12 heteroatoms. The zero-order valence-electron chi connectivity index (χ0n) is 22.5. The second-order valence-corrected chi connectivity index (χ2v) is 13.0. The summed E-state index contributed by atoms with van der Waals surface area (Å²) < 4.78 is 23.7. The molecule has 1 amide bonds. The number of rotatable bonds is 6. The van der Waals surface area contributed by atoms with Gasteiger partial charge < -0.3 is 19.1 Å². The molecular formula is C25H43N4O5PS2. The van der Waals surface area contributed by atoms with Crippen molar-refractivity contribution in [2.75, 3.05) is 11.9 Å². The first kappa shape index (κ1) is 30.9. The van der Waals surface area contributed by atoms with E-state index in [1.54, 1.807) is 26.1 Å². The molecule has 1 aromatic heterocycles. The van der Waals surface area contributed by atoms with Crippen LogP contribution in [0.25, 0.3) is 0 Å². The fourth-order valence-corrected chi connectivity index (χ4v) is 8.41. The fraction of sp³-hybridized carbons (Fsp3) is 0.800. The van der Waals surface area contributed by atoms with Gasteiger partial charge in [-0.15, -0.1) is 0 Å². The third-order valence-corrected chi connectivity index (χ3v) is 9.76. The van der Waals surface area contributed by atoms with Crippen molar-refractivity contribution >= 4 is 47.2 Å². The summed E-state index contributed by atoms with van der Waals surface area (Å²) in [6.45, 7) is 11.4. The Bertz CT molecular complexity index is 1020. The summed E-state index contributed by atoms with van der Waals surface area (Å²) in [5, 5.41) is 2.68. The van der Waals surface area contributed by atoms with Crippen molar-refractivity contribution in [1.29, 1.82) is 0 Å². The van der Waals surface area contributed by atoms with Gasteiger partial charge in [0.2, 0.25) is 5.91 Å². The highest BCUT2D eigenvalue weighted by molar-refractivity contribution is 7.59. The molecule has 1 aliphatic carbocycles. The van der Waals surface area contributed by atoms with E-state index >= 15 is 0 Å². The maximum atomic E-state index is 12.8. The predicted octanol–water partition coefficient (Wildman–Crippen LogP) is 4.82. The number of hydrogen-bond donors (Lipinski definition) is 1. The second kappa shape index (κ2) is 11.8. The Morgan fingerprint density at radius 1 is 1.30 bits per heavy atom. The predicted molar refractivity (Wildman–Crippen MR) is 155 cm³/mol. The van der Waals surface area contributed by atoms with Crippen molar-refractivity contribution in [3.05, 3.63) is 22.7 Å². The Kier molecular flexibility index (Phi) is 9.86. The van der Waals surface area contributed by atoms with E-state index < -0.39 is 20.4 Å². The average molecular weight is 575 g/mol. The number of amides is 1. The summed E-state index contributed by atoms with van der Waals surface area (Å²) in [6.07, 6.45) is 8.12. The molecule has 9 nitrogen and oxygen atoms in total. The van der Waals surface area contributed by atoms with Gasteiger partial charge in [-0.25, -0.2) is 9.46 Å². The largest absolute Gasteiger partial charge is 0.352 e. The van der Waals surface area contributed by atoms with E-state index in [1.807, 2.05) is 0 Å². The van der Waals surface area contributed by atoms with Crippen LogP contribution in [-0.4, -0.2) is 50.5 Å². The van der Waals surface area contributed by atoms with Gasteiger partial charge in [-0.1, -0.05) is 47.5 Å². The molecular weight excluding hydrogens is 531 g/mol. The van der Waals surface area contributed by atoms with E-state index in [4.69, 9.17) is 13.8 Å². The molecule has 1 saturated carbocycles. The molecule has 1 unspecified atom stereocenters. The maximum absolute atomic E-state index is 12.8. The summed E-state index contributed by atoms with van der Waals surface area (Å²) >= 11 is 0. The quantitative estimate of drug-likeness (QED) is 0.487. The highest BCUT2D eigenvalue weighted by atomic mass is 32.1. The first-order chi connectivity index (χ1) is 16.6. The molecule has 4 aliphatic rings. The third-order valence-electron chi connectivity index (χ3n) is 7.95. The van der Waals surface area contributed by atoms with Gasteiger partial charge in [0.15, 0.2) is 0 Å². The van der Waals surface area contributed by atoms with Crippen molar-refractivity contribution in [2.24, 2.45) is 11.3 Å². The number of nitrogens with zero attached hydrogens (tertiary/aromatic N) is 3. The van der Waals surface area contributed by atoms with Gasteiger partial charge in [0.1, 0.15) is 12.0 Å². The molecule has 4 heterocycles. The molecule has 5 atom stereocenters. The maximum Gasteiger partial charge on any atom is 0.351 e. The first-order valence-electron chi connectivity index (χ1n) is 13.1. The summed E-state index contributed by atoms with van der Waals surface area (Å²) in [7, 11) is -1.16. The third kappa shape index (κ3) is 6.08. The monoisotopic (exact) mass is 574 g/mol. The van der Waals surface area contributed by atoms with Crippen LogP contribution < -0.4 is 11.0 Å². The minimum atomic E-state index is -1.16. The van der Waals surface area contributed by atoms with Gasteiger partial charge in [-0.3, -0.25) is 9.36 Å². The highest BCUT2D eigenvalue weighted by Crippen LogP contribution is 2.66. The normalized spacial score (nSPS) is 31.8.